The number of guanidine groups is 1. The van der Waals surface area contributed by atoms with E-state index in [0.29, 0.717) is 5.96 Å². The van der Waals surface area contributed by atoms with Crippen molar-refractivity contribution in [3.8, 4) is 0 Å². The molecule has 70 valence electrons. The lowest BCUT2D eigenvalue weighted by molar-refractivity contribution is 0.611. The third-order valence-corrected chi connectivity index (χ3v) is 1.57. The van der Waals surface area contributed by atoms with Crippen LogP contribution < -0.4 is 5.73 Å². The van der Waals surface area contributed by atoms with Gasteiger partial charge in [-0.2, -0.15) is 5.10 Å². The highest BCUT2D eigenvalue weighted by molar-refractivity contribution is 5.85. The molecule has 4 heteroatoms. The number of nitrogens with zero attached hydrogens (tertiary/aromatic N) is 3. The molecule has 0 bridgehead atoms. The van der Waals surface area contributed by atoms with E-state index in [1.165, 1.54) is 0 Å². The molecule has 0 rings (SSSR count). The van der Waals surface area contributed by atoms with Crippen LogP contribution in [0.25, 0.3) is 0 Å². The summed E-state index contributed by atoms with van der Waals surface area (Å²) in [5.74, 6) is 0.439. The minimum absolute atomic E-state index is 0.439. The molecule has 0 aromatic rings. The summed E-state index contributed by atoms with van der Waals surface area (Å²) in [6, 6.07) is 0. The first-order chi connectivity index (χ1) is 5.61. The second kappa shape index (κ2) is 5.57. The maximum atomic E-state index is 5.54. The normalized spacial score (nSPS) is 11.2. The van der Waals surface area contributed by atoms with E-state index in [2.05, 4.69) is 24.1 Å². The fraction of sp³-hybridized carbons (Fsp3) is 0.750. The molecule has 0 heterocycles. The highest BCUT2D eigenvalue weighted by Gasteiger charge is 1.93. The van der Waals surface area contributed by atoms with E-state index in [-0.39, 0.29) is 0 Å². The average molecular weight is 170 g/mol. The van der Waals surface area contributed by atoms with Crippen molar-refractivity contribution in [2.75, 3.05) is 14.1 Å². The van der Waals surface area contributed by atoms with Gasteiger partial charge in [0.15, 0.2) is 0 Å². The van der Waals surface area contributed by atoms with Gasteiger partial charge in [0.25, 0.3) is 0 Å². The molecule has 4 nitrogen and oxygen atoms in total. The summed E-state index contributed by atoms with van der Waals surface area (Å²) in [4.78, 5) is 1.73. The molecular formula is C8H18N4. The minimum Gasteiger partial charge on any atom is -0.368 e. The largest absolute Gasteiger partial charge is 0.368 e. The SMILES string of the molecule is CCC(CC)=N/N=C(\N)N(C)C. The number of nitrogens with two attached hydrogens (primary N) is 1. The predicted octanol–water partition coefficient (Wildman–Crippen LogP) is 1.04. The van der Waals surface area contributed by atoms with Crippen molar-refractivity contribution in [3.05, 3.63) is 0 Å². The summed E-state index contributed by atoms with van der Waals surface area (Å²) < 4.78 is 0. The number of hydrogen-bond donors (Lipinski definition) is 1. The maximum absolute atomic E-state index is 5.54. The molecule has 0 fully saturated rings. The standard InChI is InChI=1S/C8H18N4/c1-5-7(6-2)10-11-8(9)12(3)4/h5-6H2,1-4H3,(H2,9,11). The van der Waals surface area contributed by atoms with Crippen LogP contribution in [0, 0.1) is 0 Å². The van der Waals surface area contributed by atoms with E-state index in [0.717, 1.165) is 18.6 Å². The second-order valence-electron chi connectivity index (χ2n) is 2.73. The maximum Gasteiger partial charge on any atom is 0.215 e. The molecule has 0 aliphatic heterocycles. The van der Waals surface area contributed by atoms with Crippen LogP contribution in [-0.2, 0) is 0 Å². The van der Waals surface area contributed by atoms with Crippen molar-refractivity contribution >= 4 is 11.7 Å². The van der Waals surface area contributed by atoms with Crippen LogP contribution in [0.4, 0.5) is 0 Å². The van der Waals surface area contributed by atoms with Crippen LogP contribution >= 0.6 is 0 Å². The lowest BCUT2D eigenvalue weighted by Gasteiger charge is -2.08. The van der Waals surface area contributed by atoms with Crippen LogP contribution in [0.1, 0.15) is 26.7 Å². The van der Waals surface area contributed by atoms with Crippen molar-refractivity contribution in [2.24, 2.45) is 15.9 Å². The number of hydrogen-bond acceptors (Lipinski definition) is 2. The van der Waals surface area contributed by atoms with Crippen LogP contribution in [0.5, 0.6) is 0 Å². The fourth-order valence-corrected chi connectivity index (χ4v) is 0.603. The predicted molar refractivity (Wildman–Crippen MR) is 53.3 cm³/mol. The Morgan fingerprint density at radius 3 is 2.00 bits per heavy atom. The molecular weight excluding hydrogens is 152 g/mol. The van der Waals surface area contributed by atoms with Crippen molar-refractivity contribution in [1.29, 1.82) is 0 Å². The fourth-order valence-electron chi connectivity index (χ4n) is 0.603. The Labute approximate surface area is 74.2 Å². The minimum atomic E-state index is 0.439. The Hall–Kier alpha value is -1.06. The summed E-state index contributed by atoms with van der Waals surface area (Å²) in [5.41, 5.74) is 6.61. The van der Waals surface area contributed by atoms with Gasteiger partial charge in [0.2, 0.25) is 5.96 Å². The topological polar surface area (TPSA) is 54.0 Å². The van der Waals surface area contributed by atoms with Gasteiger partial charge in [-0.25, -0.2) is 0 Å². The van der Waals surface area contributed by atoms with Crippen molar-refractivity contribution in [1.82, 2.24) is 4.90 Å². The lowest BCUT2D eigenvalue weighted by Crippen LogP contribution is -2.29. The summed E-state index contributed by atoms with van der Waals surface area (Å²) >= 11 is 0. The Morgan fingerprint density at radius 2 is 1.67 bits per heavy atom. The van der Waals surface area contributed by atoms with E-state index in [9.17, 15) is 0 Å². The van der Waals surface area contributed by atoms with E-state index < -0.39 is 0 Å². The Bertz CT molecular complexity index is 169. The van der Waals surface area contributed by atoms with Gasteiger partial charge in [-0.15, -0.1) is 5.10 Å². The van der Waals surface area contributed by atoms with Gasteiger partial charge in [-0.05, 0) is 12.8 Å². The van der Waals surface area contributed by atoms with Gasteiger partial charge in [-0.1, -0.05) is 13.8 Å². The zero-order valence-corrected chi connectivity index (χ0v) is 8.33. The quantitative estimate of drug-likeness (QED) is 0.391. The Balaban J connectivity index is 4.24. The summed E-state index contributed by atoms with van der Waals surface area (Å²) in [6.07, 6.45) is 1.86. The molecule has 0 radical (unpaired) electrons. The van der Waals surface area contributed by atoms with Crippen LogP contribution in [0.3, 0.4) is 0 Å². The first-order valence-electron chi connectivity index (χ1n) is 4.18. The highest BCUT2D eigenvalue weighted by atomic mass is 15.3. The van der Waals surface area contributed by atoms with E-state index in [1.54, 1.807) is 4.90 Å². The molecule has 0 unspecified atom stereocenters. The third kappa shape index (κ3) is 3.95. The third-order valence-electron chi connectivity index (χ3n) is 1.57. The Kier molecular flexibility index (Phi) is 5.08. The molecule has 0 amide bonds. The van der Waals surface area contributed by atoms with Gasteiger partial charge >= 0.3 is 0 Å². The first-order valence-corrected chi connectivity index (χ1v) is 4.18. The van der Waals surface area contributed by atoms with Crippen molar-refractivity contribution in [2.45, 2.75) is 26.7 Å². The van der Waals surface area contributed by atoms with Gasteiger partial charge in [0, 0.05) is 19.8 Å². The van der Waals surface area contributed by atoms with Gasteiger partial charge < -0.3 is 10.6 Å². The smallest absolute Gasteiger partial charge is 0.215 e. The van der Waals surface area contributed by atoms with E-state index in [1.807, 2.05) is 14.1 Å². The van der Waals surface area contributed by atoms with Crippen LogP contribution in [-0.4, -0.2) is 30.7 Å². The zero-order valence-electron chi connectivity index (χ0n) is 8.33. The average Bonchev–Trinajstić information content (AvgIpc) is 2.05. The molecule has 0 aromatic carbocycles. The van der Waals surface area contributed by atoms with Crippen molar-refractivity contribution < 1.29 is 0 Å². The summed E-state index contributed by atoms with van der Waals surface area (Å²) in [5, 5.41) is 7.89. The molecule has 0 aromatic heterocycles. The molecule has 0 aliphatic carbocycles. The van der Waals surface area contributed by atoms with E-state index >= 15 is 0 Å². The Morgan fingerprint density at radius 1 is 1.17 bits per heavy atom. The molecule has 0 aliphatic rings. The second-order valence-corrected chi connectivity index (χ2v) is 2.73. The first kappa shape index (κ1) is 10.9. The van der Waals surface area contributed by atoms with Gasteiger partial charge in [0.05, 0.1) is 0 Å². The monoisotopic (exact) mass is 170 g/mol. The lowest BCUT2D eigenvalue weighted by atomic mass is 10.2. The summed E-state index contributed by atoms with van der Waals surface area (Å²) in [7, 11) is 3.68. The van der Waals surface area contributed by atoms with Gasteiger partial charge in [0.1, 0.15) is 0 Å². The molecule has 2 N–H and O–H groups in total. The molecule has 12 heavy (non-hydrogen) atoms. The highest BCUT2D eigenvalue weighted by Crippen LogP contribution is 1.92. The van der Waals surface area contributed by atoms with Gasteiger partial charge in [-0.3, -0.25) is 0 Å². The molecule has 0 saturated carbocycles. The van der Waals surface area contributed by atoms with Crippen molar-refractivity contribution in [3.63, 3.8) is 0 Å². The van der Waals surface area contributed by atoms with Crippen LogP contribution in [0.15, 0.2) is 10.2 Å². The van der Waals surface area contributed by atoms with Crippen LogP contribution in [0.2, 0.25) is 0 Å². The zero-order chi connectivity index (χ0) is 9.56. The summed E-state index contributed by atoms with van der Waals surface area (Å²) in [6.45, 7) is 4.12. The number of rotatable bonds is 3. The van der Waals surface area contributed by atoms with E-state index in [4.69, 9.17) is 5.73 Å². The molecule has 0 atom stereocenters. The molecule has 0 saturated heterocycles. The molecule has 0 spiro atoms.